The summed E-state index contributed by atoms with van der Waals surface area (Å²) >= 11 is 0. The van der Waals surface area contributed by atoms with Crippen molar-refractivity contribution in [2.75, 3.05) is 19.5 Å². The number of ether oxygens (including phenoxy) is 2. The molecule has 5 heteroatoms. The SMILES string of the molecule is CCOc1ccc(-c2c(C)c(-c3ccc(OC)cc3)nc(N)c2C#N)cc1. The van der Waals surface area contributed by atoms with E-state index in [2.05, 4.69) is 11.1 Å². The van der Waals surface area contributed by atoms with Crippen LogP contribution in [0, 0.1) is 18.3 Å². The summed E-state index contributed by atoms with van der Waals surface area (Å²) in [7, 11) is 1.63. The van der Waals surface area contributed by atoms with E-state index in [-0.39, 0.29) is 5.82 Å². The molecular formula is C22H21N3O2. The lowest BCUT2D eigenvalue weighted by Gasteiger charge is -2.15. The van der Waals surface area contributed by atoms with Gasteiger partial charge in [0.15, 0.2) is 0 Å². The van der Waals surface area contributed by atoms with Gasteiger partial charge >= 0.3 is 0 Å². The Balaban J connectivity index is 2.17. The second-order valence-corrected chi connectivity index (χ2v) is 6.02. The molecule has 0 aliphatic carbocycles. The van der Waals surface area contributed by atoms with Gasteiger partial charge in [0.2, 0.25) is 0 Å². The first-order valence-electron chi connectivity index (χ1n) is 8.66. The second kappa shape index (κ2) is 7.79. The highest BCUT2D eigenvalue weighted by molar-refractivity contribution is 5.84. The number of hydrogen-bond acceptors (Lipinski definition) is 5. The molecule has 0 radical (unpaired) electrons. The van der Waals surface area contributed by atoms with Gasteiger partial charge in [-0.3, -0.25) is 0 Å². The quantitative estimate of drug-likeness (QED) is 0.721. The van der Waals surface area contributed by atoms with Crippen LogP contribution < -0.4 is 15.2 Å². The maximum absolute atomic E-state index is 9.64. The molecular weight excluding hydrogens is 338 g/mol. The summed E-state index contributed by atoms with van der Waals surface area (Å²) < 4.78 is 10.7. The third kappa shape index (κ3) is 3.56. The molecule has 0 unspecified atom stereocenters. The molecule has 0 amide bonds. The number of nitriles is 1. The summed E-state index contributed by atoms with van der Waals surface area (Å²) in [5.41, 5.74) is 10.8. The monoisotopic (exact) mass is 359 g/mol. The van der Waals surface area contributed by atoms with Crippen LogP contribution >= 0.6 is 0 Å². The smallest absolute Gasteiger partial charge is 0.142 e. The highest BCUT2D eigenvalue weighted by Crippen LogP contribution is 2.36. The van der Waals surface area contributed by atoms with Crippen LogP contribution in [0.1, 0.15) is 18.1 Å². The number of rotatable bonds is 5. The van der Waals surface area contributed by atoms with E-state index in [0.29, 0.717) is 12.2 Å². The Morgan fingerprint density at radius 1 is 1.00 bits per heavy atom. The van der Waals surface area contributed by atoms with Crippen LogP contribution in [0.5, 0.6) is 11.5 Å². The van der Waals surface area contributed by atoms with Gasteiger partial charge in [-0.25, -0.2) is 4.98 Å². The number of anilines is 1. The normalized spacial score (nSPS) is 10.3. The number of nitrogens with two attached hydrogens (primary N) is 1. The summed E-state index contributed by atoms with van der Waals surface area (Å²) in [5.74, 6) is 1.78. The summed E-state index contributed by atoms with van der Waals surface area (Å²) in [5, 5.41) is 9.64. The maximum Gasteiger partial charge on any atom is 0.142 e. The third-order valence-corrected chi connectivity index (χ3v) is 4.40. The number of nitrogen functional groups attached to an aromatic ring is 1. The van der Waals surface area contributed by atoms with Crippen molar-refractivity contribution in [1.29, 1.82) is 5.26 Å². The molecule has 0 bridgehead atoms. The van der Waals surface area contributed by atoms with Gasteiger partial charge < -0.3 is 15.2 Å². The van der Waals surface area contributed by atoms with Gasteiger partial charge in [-0.1, -0.05) is 12.1 Å². The fourth-order valence-electron chi connectivity index (χ4n) is 3.08. The van der Waals surface area contributed by atoms with Gasteiger partial charge in [0, 0.05) is 11.1 Å². The van der Waals surface area contributed by atoms with E-state index in [9.17, 15) is 5.26 Å². The fourth-order valence-corrected chi connectivity index (χ4v) is 3.08. The van der Waals surface area contributed by atoms with Gasteiger partial charge in [0.1, 0.15) is 28.9 Å². The van der Waals surface area contributed by atoms with Gasteiger partial charge in [0.25, 0.3) is 0 Å². The lowest BCUT2D eigenvalue weighted by molar-refractivity contribution is 0.340. The molecule has 0 aliphatic heterocycles. The fraction of sp³-hybridized carbons (Fsp3) is 0.182. The Hall–Kier alpha value is -3.52. The molecule has 136 valence electrons. The molecule has 0 atom stereocenters. The summed E-state index contributed by atoms with van der Waals surface area (Å²) in [6.07, 6.45) is 0. The molecule has 2 N–H and O–H groups in total. The van der Waals surface area contributed by atoms with Crippen molar-refractivity contribution in [3.05, 3.63) is 59.7 Å². The van der Waals surface area contributed by atoms with E-state index >= 15 is 0 Å². The van der Waals surface area contributed by atoms with Crippen LogP contribution in [-0.4, -0.2) is 18.7 Å². The third-order valence-electron chi connectivity index (χ3n) is 4.40. The first-order chi connectivity index (χ1) is 13.1. The van der Waals surface area contributed by atoms with Gasteiger partial charge in [0.05, 0.1) is 19.4 Å². The molecule has 3 aromatic rings. The van der Waals surface area contributed by atoms with Crippen LogP contribution in [0.3, 0.4) is 0 Å². The van der Waals surface area contributed by atoms with Crippen molar-refractivity contribution in [2.45, 2.75) is 13.8 Å². The number of nitrogens with zero attached hydrogens (tertiary/aromatic N) is 2. The molecule has 27 heavy (non-hydrogen) atoms. The van der Waals surface area contributed by atoms with E-state index < -0.39 is 0 Å². The molecule has 0 fully saturated rings. The van der Waals surface area contributed by atoms with E-state index in [1.54, 1.807) is 7.11 Å². The minimum atomic E-state index is 0.220. The number of benzene rings is 2. The Morgan fingerprint density at radius 2 is 1.59 bits per heavy atom. The second-order valence-electron chi connectivity index (χ2n) is 6.02. The van der Waals surface area contributed by atoms with Gasteiger partial charge in [-0.15, -0.1) is 0 Å². The first kappa shape index (κ1) is 18.3. The van der Waals surface area contributed by atoms with Crippen LogP contribution in [0.2, 0.25) is 0 Å². The zero-order valence-corrected chi connectivity index (χ0v) is 15.6. The van der Waals surface area contributed by atoms with E-state index in [1.807, 2.05) is 62.4 Å². The van der Waals surface area contributed by atoms with Crippen molar-refractivity contribution < 1.29 is 9.47 Å². The molecule has 3 rings (SSSR count). The van der Waals surface area contributed by atoms with E-state index in [0.717, 1.165) is 39.4 Å². The molecule has 0 saturated heterocycles. The number of hydrogen-bond donors (Lipinski definition) is 1. The maximum atomic E-state index is 9.64. The molecule has 0 saturated carbocycles. The van der Waals surface area contributed by atoms with Crippen molar-refractivity contribution in [2.24, 2.45) is 0 Å². The van der Waals surface area contributed by atoms with E-state index in [1.165, 1.54) is 0 Å². The van der Waals surface area contributed by atoms with Crippen molar-refractivity contribution in [3.63, 3.8) is 0 Å². The number of pyridine rings is 1. The Kier molecular flexibility index (Phi) is 5.28. The van der Waals surface area contributed by atoms with Crippen molar-refractivity contribution >= 4 is 5.82 Å². The zero-order chi connectivity index (χ0) is 19.4. The molecule has 0 aliphatic rings. The number of methoxy groups -OCH3 is 1. The molecule has 1 aromatic heterocycles. The van der Waals surface area contributed by atoms with Crippen molar-refractivity contribution in [1.82, 2.24) is 4.98 Å². The Morgan fingerprint density at radius 3 is 2.15 bits per heavy atom. The average Bonchev–Trinajstić information content (AvgIpc) is 2.70. The van der Waals surface area contributed by atoms with Gasteiger partial charge in [-0.2, -0.15) is 5.26 Å². The highest BCUT2D eigenvalue weighted by Gasteiger charge is 2.18. The van der Waals surface area contributed by atoms with E-state index in [4.69, 9.17) is 15.2 Å². The molecule has 0 spiro atoms. The first-order valence-corrected chi connectivity index (χ1v) is 8.66. The zero-order valence-electron chi connectivity index (χ0n) is 15.6. The Bertz CT molecular complexity index is 988. The van der Waals surface area contributed by atoms with Crippen LogP contribution in [0.25, 0.3) is 22.4 Å². The van der Waals surface area contributed by atoms with Crippen LogP contribution in [0.15, 0.2) is 48.5 Å². The lowest BCUT2D eigenvalue weighted by atomic mass is 9.93. The number of aromatic nitrogens is 1. The topological polar surface area (TPSA) is 81.2 Å². The summed E-state index contributed by atoms with van der Waals surface area (Å²) in [6, 6.07) is 17.5. The summed E-state index contributed by atoms with van der Waals surface area (Å²) in [4.78, 5) is 4.49. The lowest BCUT2D eigenvalue weighted by Crippen LogP contribution is -2.03. The Labute approximate surface area is 159 Å². The van der Waals surface area contributed by atoms with Crippen molar-refractivity contribution in [3.8, 4) is 40.0 Å². The van der Waals surface area contributed by atoms with Crippen LogP contribution in [0.4, 0.5) is 5.82 Å². The molecule has 1 heterocycles. The molecule has 5 nitrogen and oxygen atoms in total. The standard InChI is InChI=1S/C22H21N3O2/c1-4-27-18-11-5-15(6-12-18)20-14(2)21(25-22(24)19(20)13-23)16-7-9-17(26-3)10-8-16/h5-12H,4H2,1-3H3,(H2,24,25). The minimum Gasteiger partial charge on any atom is -0.497 e. The average molecular weight is 359 g/mol. The highest BCUT2D eigenvalue weighted by atomic mass is 16.5. The minimum absolute atomic E-state index is 0.220. The van der Waals surface area contributed by atoms with Crippen LogP contribution in [-0.2, 0) is 0 Å². The predicted molar refractivity (Wildman–Crippen MR) is 107 cm³/mol. The predicted octanol–water partition coefficient (Wildman–Crippen LogP) is 4.59. The van der Waals surface area contributed by atoms with Gasteiger partial charge in [-0.05, 0) is 61.4 Å². The molecule has 2 aromatic carbocycles. The largest absolute Gasteiger partial charge is 0.497 e. The summed E-state index contributed by atoms with van der Waals surface area (Å²) in [6.45, 7) is 4.50.